The van der Waals surface area contributed by atoms with Crippen molar-refractivity contribution in [3.05, 3.63) is 76.4 Å². The van der Waals surface area contributed by atoms with Gasteiger partial charge in [0.15, 0.2) is 0 Å². The minimum absolute atomic E-state index is 0.00610. The third-order valence-electron chi connectivity index (χ3n) is 5.62. The predicted octanol–water partition coefficient (Wildman–Crippen LogP) is 5.06. The first kappa shape index (κ1) is 26.8. The van der Waals surface area contributed by atoms with Crippen LogP contribution in [0.25, 0.3) is 5.57 Å². The number of ether oxygens (including phenoxy) is 4. The summed E-state index contributed by atoms with van der Waals surface area (Å²) in [5.74, 6) is -1.92. The number of esters is 2. The van der Waals surface area contributed by atoms with Crippen molar-refractivity contribution < 1.29 is 46.5 Å². The van der Waals surface area contributed by atoms with Crippen LogP contribution < -0.4 is 0 Å². The van der Waals surface area contributed by atoms with Crippen LogP contribution in [-0.4, -0.2) is 44.5 Å². The van der Waals surface area contributed by atoms with Crippen LogP contribution in [0.2, 0.25) is 0 Å². The summed E-state index contributed by atoms with van der Waals surface area (Å²) in [7, 11) is 0. The predicted molar refractivity (Wildman–Crippen MR) is 122 cm³/mol. The van der Waals surface area contributed by atoms with Crippen molar-refractivity contribution in [3.8, 4) is 0 Å². The van der Waals surface area contributed by atoms with Gasteiger partial charge in [-0.05, 0) is 55.2 Å². The van der Waals surface area contributed by atoms with E-state index in [9.17, 15) is 27.6 Å². The monoisotopic (exact) mass is 506 g/mol. The number of hydrogen-bond donors (Lipinski definition) is 0. The highest BCUT2D eigenvalue weighted by molar-refractivity contribution is 6.16. The molecular weight excluding hydrogens is 481 g/mol. The fourth-order valence-electron chi connectivity index (χ4n) is 4.20. The highest BCUT2D eigenvalue weighted by Crippen LogP contribution is 2.51. The molecule has 192 valence electrons. The SMILES string of the molecule is CCOC(=O)OCC1=C(c2ccc(C(F)(F)F)cc2)c2ccccc2C1(C(=O)OCC)C(=O)OCC. The van der Waals surface area contributed by atoms with E-state index in [4.69, 9.17) is 18.9 Å². The van der Waals surface area contributed by atoms with Gasteiger partial charge < -0.3 is 18.9 Å². The second-order valence-corrected chi connectivity index (χ2v) is 7.64. The number of rotatable bonds is 8. The van der Waals surface area contributed by atoms with E-state index in [2.05, 4.69) is 0 Å². The zero-order valence-corrected chi connectivity index (χ0v) is 19.9. The van der Waals surface area contributed by atoms with Gasteiger partial charge in [-0.3, -0.25) is 9.59 Å². The average Bonchev–Trinajstić information content (AvgIpc) is 3.14. The van der Waals surface area contributed by atoms with Gasteiger partial charge in [0.25, 0.3) is 0 Å². The summed E-state index contributed by atoms with van der Waals surface area (Å²) in [6.45, 7) is 4.00. The number of carbonyl (C=O) groups excluding carboxylic acids is 3. The molecule has 0 atom stereocenters. The van der Waals surface area contributed by atoms with Crippen LogP contribution in [0.3, 0.4) is 0 Å². The molecule has 0 fully saturated rings. The lowest BCUT2D eigenvalue weighted by atomic mass is 9.77. The first-order valence-corrected chi connectivity index (χ1v) is 11.3. The molecule has 3 rings (SSSR count). The minimum Gasteiger partial charge on any atom is -0.465 e. The molecule has 0 amide bonds. The van der Waals surface area contributed by atoms with E-state index < -0.39 is 41.9 Å². The number of fused-ring (bicyclic) bond motifs is 1. The number of hydrogen-bond acceptors (Lipinski definition) is 7. The van der Waals surface area contributed by atoms with E-state index in [1.54, 1.807) is 39.0 Å². The van der Waals surface area contributed by atoms with Gasteiger partial charge in [0, 0.05) is 5.57 Å². The fourth-order valence-corrected chi connectivity index (χ4v) is 4.20. The molecule has 10 heteroatoms. The second-order valence-electron chi connectivity index (χ2n) is 7.64. The Morgan fingerprint density at radius 3 is 1.86 bits per heavy atom. The molecule has 0 spiro atoms. The largest absolute Gasteiger partial charge is 0.508 e. The summed E-state index contributed by atoms with van der Waals surface area (Å²) >= 11 is 0. The first-order chi connectivity index (χ1) is 17.1. The summed E-state index contributed by atoms with van der Waals surface area (Å²) in [4.78, 5) is 39.1. The normalized spacial score (nSPS) is 14.2. The molecular formula is C26H25F3O7. The van der Waals surface area contributed by atoms with Crippen molar-refractivity contribution >= 4 is 23.7 Å². The lowest BCUT2D eigenvalue weighted by Gasteiger charge is -2.29. The van der Waals surface area contributed by atoms with Gasteiger partial charge in [-0.2, -0.15) is 13.2 Å². The Hall–Kier alpha value is -3.82. The Morgan fingerprint density at radius 1 is 0.778 bits per heavy atom. The van der Waals surface area contributed by atoms with E-state index in [-0.39, 0.29) is 42.1 Å². The lowest BCUT2D eigenvalue weighted by Crippen LogP contribution is -2.47. The van der Waals surface area contributed by atoms with Gasteiger partial charge >= 0.3 is 24.3 Å². The van der Waals surface area contributed by atoms with Crippen LogP contribution in [-0.2, 0) is 40.1 Å². The van der Waals surface area contributed by atoms with Crippen molar-refractivity contribution in [3.63, 3.8) is 0 Å². The van der Waals surface area contributed by atoms with Crippen LogP contribution in [0.1, 0.15) is 43.0 Å². The Labute approximate surface area is 205 Å². The first-order valence-electron chi connectivity index (χ1n) is 11.3. The van der Waals surface area contributed by atoms with Gasteiger partial charge in [-0.15, -0.1) is 0 Å². The molecule has 0 radical (unpaired) electrons. The van der Waals surface area contributed by atoms with Crippen LogP contribution in [0.15, 0.2) is 54.1 Å². The molecule has 2 aromatic carbocycles. The quantitative estimate of drug-likeness (QED) is 0.281. The maximum absolute atomic E-state index is 13.5. The molecule has 0 aliphatic heterocycles. The molecule has 7 nitrogen and oxygen atoms in total. The number of halogens is 3. The van der Waals surface area contributed by atoms with Gasteiger partial charge in [0.2, 0.25) is 5.41 Å². The van der Waals surface area contributed by atoms with Crippen molar-refractivity contribution in [2.75, 3.05) is 26.4 Å². The molecule has 0 saturated heterocycles. The Balaban J connectivity index is 2.33. The van der Waals surface area contributed by atoms with Gasteiger partial charge in [0.05, 0.1) is 25.4 Å². The summed E-state index contributed by atoms with van der Waals surface area (Å²) in [5.41, 5.74) is -1.90. The van der Waals surface area contributed by atoms with E-state index in [0.29, 0.717) is 5.56 Å². The Kier molecular flexibility index (Phi) is 8.07. The molecule has 0 aromatic heterocycles. The maximum Gasteiger partial charge on any atom is 0.508 e. The van der Waals surface area contributed by atoms with Crippen LogP contribution in [0, 0.1) is 0 Å². The Bertz CT molecular complexity index is 1150. The van der Waals surface area contributed by atoms with Gasteiger partial charge in [-0.1, -0.05) is 36.4 Å². The van der Waals surface area contributed by atoms with E-state index in [1.807, 2.05) is 0 Å². The average molecular weight is 506 g/mol. The molecule has 36 heavy (non-hydrogen) atoms. The van der Waals surface area contributed by atoms with Crippen molar-refractivity contribution in [1.82, 2.24) is 0 Å². The lowest BCUT2D eigenvalue weighted by molar-refractivity contribution is -0.162. The summed E-state index contributed by atoms with van der Waals surface area (Å²) in [6.07, 6.45) is -5.61. The Morgan fingerprint density at radius 2 is 1.33 bits per heavy atom. The second kappa shape index (κ2) is 10.8. The van der Waals surface area contributed by atoms with E-state index >= 15 is 0 Å². The highest BCUT2D eigenvalue weighted by Gasteiger charge is 2.59. The van der Waals surface area contributed by atoms with Crippen LogP contribution in [0.4, 0.5) is 18.0 Å². The standard InChI is InChI=1S/C26H25F3O7/c1-4-33-22(30)25(23(31)34-5-2)19-10-8-7-9-18(19)21(20(25)15-36-24(32)35-6-3)16-11-13-17(14-12-16)26(27,28)29/h7-14H,4-6,15H2,1-3H3. The fraction of sp³-hybridized carbons (Fsp3) is 0.346. The summed E-state index contributed by atoms with van der Waals surface area (Å²) in [6, 6.07) is 10.6. The zero-order valence-electron chi connectivity index (χ0n) is 19.9. The molecule has 0 heterocycles. The van der Waals surface area contributed by atoms with Gasteiger partial charge in [-0.25, -0.2) is 4.79 Å². The molecule has 1 aliphatic carbocycles. The van der Waals surface area contributed by atoms with Crippen LogP contribution >= 0.6 is 0 Å². The third kappa shape index (κ3) is 4.80. The van der Waals surface area contributed by atoms with Crippen molar-refractivity contribution in [1.29, 1.82) is 0 Å². The number of alkyl halides is 3. The minimum atomic E-state index is -4.56. The van der Waals surface area contributed by atoms with Crippen molar-refractivity contribution in [2.45, 2.75) is 32.4 Å². The highest BCUT2D eigenvalue weighted by atomic mass is 19.4. The van der Waals surface area contributed by atoms with E-state index in [0.717, 1.165) is 12.1 Å². The van der Waals surface area contributed by atoms with Crippen molar-refractivity contribution in [2.24, 2.45) is 0 Å². The van der Waals surface area contributed by atoms with Gasteiger partial charge in [0.1, 0.15) is 6.61 Å². The smallest absolute Gasteiger partial charge is 0.465 e. The maximum atomic E-state index is 13.5. The molecule has 0 saturated carbocycles. The zero-order chi connectivity index (χ0) is 26.5. The summed E-state index contributed by atoms with van der Waals surface area (Å²) in [5, 5.41) is 0. The number of benzene rings is 2. The van der Waals surface area contributed by atoms with E-state index in [1.165, 1.54) is 18.2 Å². The summed E-state index contributed by atoms with van der Waals surface area (Å²) < 4.78 is 60.2. The topological polar surface area (TPSA) is 88.1 Å². The molecule has 0 bridgehead atoms. The molecule has 0 unspecified atom stereocenters. The third-order valence-corrected chi connectivity index (χ3v) is 5.62. The molecule has 2 aromatic rings. The number of carbonyl (C=O) groups is 3. The molecule has 1 aliphatic rings. The van der Waals surface area contributed by atoms with Crippen LogP contribution in [0.5, 0.6) is 0 Å². The molecule has 0 N–H and O–H groups in total.